The molecular weight excluding hydrogens is 944 g/mol. The molecule has 4 bridgehead atoms. The first-order valence-electron chi connectivity index (χ1n) is 23.1. The number of benzene rings is 4. The fourth-order valence-corrected chi connectivity index (χ4v) is 11.6. The number of alkyl halides is 3. The first-order chi connectivity index (χ1) is 29.4. The molecule has 4 fully saturated rings. The summed E-state index contributed by atoms with van der Waals surface area (Å²) >= 11 is 1.36. The predicted molar refractivity (Wildman–Crippen MR) is 275 cm³/mol. The third-order valence-corrected chi connectivity index (χ3v) is 15.0. The summed E-state index contributed by atoms with van der Waals surface area (Å²) in [6.07, 6.45) is 12.2. The third-order valence-electron chi connectivity index (χ3n) is 15.0. The molecule has 10 rings (SSSR count). The molecule has 0 nitrogen and oxygen atoms in total. The molecule has 0 spiro atoms. The second-order valence-corrected chi connectivity index (χ2v) is 21.5. The Morgan fingerprint density at radius 1 is 0.585 bits per heavy atom. The number of fused-ring (bicyclic) bond motifs is 6. The third kappa shape index (κ3) is 13.2. The van der Waals surface area contributed by atoms with Crippen molar-refractivity contribution >= 4 is 53.2 Å². The van der Waals surface area contributed by atoms with Gasteiger partial charge in [-0.1, -0.05) is 120 Å². The van der Waals surface area contributed by atoms with Gasteiger partial charge < -0.3 is 14.4 Å². The van der Waals surface area contributed by atoms with E-state index in [4.69, 9.17) is 0 Å². The Morgan fingerprint density at radius 2 is 0.908 bits per heavy atom. The second-order valence-electron chi connectivity index (χ2n) is 21.5. The summed E-state index contributed by atoms with van der Waals surface area (Å²) in [5.41, 5.74) is 13.0. The van der Waals surface area contributed by atoms with Crippen LogP contribution >= 0.6 is 24.8 Å². The Balaban J connectivity index is 0.000000236. The van der Waals surface area contributed by atoms with Gasteiger partial charge in [0.25, 0.3) is 0 Å². The van der Waals surface area contributed by atoms with Gasteiger partial charge in [-0.25, -0.2) is 0 Å². The summed E-state index contributed by atoms with van der Waals surface area (Å²) in [6, 6.07) is 41.9. The molecule has 0 unspecified atom stereocenters. The van der Waals surface area contributed by atoms with Gasteiger partial charge in [0.2, 0.25) is 0 Å². The topological polar surface area (TPSA) is 0 Å². The molecule has 0 N–H and O–H groups in total. The molecule has 6 aromatic rings. The average Bonchev–Trinajstić information content (AvgIpc) is 4.12. The van der Waals surface area contributed by atoms with Crippen molar-refractivity contribution in [1.29, 1.82) is 0 Å². The molecule has 0 atom stereocenters. The number of hydrogen-bond donors (Lipinski definition) is 0. The van der Waals surface area contributed by atoms with Crippen molar-refractivity contribution < 1.29 is 36.5 Å². The first-order valence-corrected chi connectivity index (χ1v) is 27.3. The molecule has 0 saturated heterocycles. The van der Waals surface area contributed by atoms with E-state index in [0.29, 0.717) is 10.8 Å². The SMILES string of the molecule is CC(C)(C)c1ccc(-c2cccc3[cH-]c(CC45CCC(CC4)C5)cc23)cc1.CC(C)(C)c1ccc(-c2cccc3[cH-]c(CC45CCC(CC4)C5)cc23)cc1.Cl.Cl.[CH2-]CC(F)(F)F.[CH3-].[Si]=[Zr]. The van der Waals surface area contributed by atoms with E-state index >= 15 is 0 Å². The van der Waals surface area contributed by atoms with Crippen LogP contribution in [0.25, 0.3) is 43.8 Å². The molecule has 0 heterocycles. The molecule has 0 amide bonds. The number of hydrogen-bond acceptors (Lipinski definition) is 0. The van der Waals surface area contributed by atoms with Crippen LogP contribution in [0.2, 0.25) is 0 Å². The zero-order chi connectivity index (χ0) is 44.5. The average molecular weight is 1020 g/mol. The van der Waals surface area contributed by atoms with Gasteiger partial charge >= 0.3 is 36.4 Å². The quantitative estimate of drug-likeness (QED) is 0.115. The second kappa shape index (κ2) is 22.3. The Bertz CT molecular complexity index is 2250. The summed E-state index contributed by atoms with van der Waals surface area (Å²) in [6.45, 7) is 19.4. The van der Waals surface area contributed by atoms with E-state index in [1.165, 1.54) is 155 Å². The van der Waals surface area contributed by atoms with Gasteiger partial charge in [0.15, 0.2) is 0 Å². The van der Waals surface area contributed by atoms with Crippen LogP contribution in [-0.2, 0) is 47.0 Å². The fourth-order valence-electron chi connectivity index (χ4n) is 11.6. The summed E-state index contributed by atoms with van der Waals surface area (Å²) in [4.78, 5) is 0. The van der Waals surface area contributed by atoms with E-state index < -0.39 is 12.6 Å². The van der Waals surface area contributed by atoms with E-state index in [9.17, 15) is 13.2 Å². The van der Waals surface area contributed by atoms with Gasteiger partial charge in [-0.2, -0.15) is 25.3 Å². The zero-order valence-electron chi connectivity index (χ0n) is 39.9. The Hall–Kier alpha value is -2.43. The summed E-state index contributed by atoms with van der Waals surface area (Å²) in [5.74, 6) is 2.07. The van der Waals surface area contributed by atoms with Crippen LogP contribution in [0.4, 0.5) is 13.2 Å². The van der Waals surface area contributed by atoms with E-state index in [0.717, 1.165) is 11.8 Å². The van der Waals surface area contributed by atoms with Crippen LogP contribution in [-0.4, -0.2) is 13.1 Å². The molecule has 2 radical (unpaired) electrons. The zero-order valence-corrected chi connectivity index (χ0v) is 45.0. The summed E-state index contributed by atoms with van der Waals surface area (Å²) < 4.78 is 32.2. The van der Waals surface area contributed by atoms with Gasteiger partial charge in [-0.15, -0.1) is 93.9 Å². The van der Waals surface area contributed by atoms with Gasteiger partial charge in [-0.3, -0.25) is 0 Å². The van der Waals surface area contributed by atoms with Crippen molar-refractivity contribution in [2.24, 2.45) is 22.7 Å². The molecule has 0 aromatic heterocycles. The fraction of sp³-hybridized carbons (Fsp3) is 0.448. The molecule has 4 aliphatic rings. The normalized spacial score (nSPS) is 21.7. The van der Waals surface area contributed by atoms with Gasteiger partial charge in [0, 0.05) is 0 Å². The summed E-state index contributed by atoms with van der Waals surface area (Å²) in [5, 5.41) is 5.68. The minimum atomic E-state index is -4.07. The van der Waals surface area contributed by atoms with Crippen molar-refractivity contribution in [2.45, 2.75) is 142 Å². The molecule has 0 aliphatic heterocycles. The standard InChI is InChI=1S/2C27H31.C3H4F3.CH3.2ClH.Si.Zr/c2*1-26(2,3)23-9-7-21(8-10-23)24-6-4-5-22-15-20(16-25(22)24)18-27-13-11-19(17-27)12-14-27;1-2-3(4,5)6;;;;;/h2*4-10,15-16,19H,11-14,17-18H2,1-3H3;1-2H2;1H3;2*1H;;/q4*-1;;;;. The van der Waals surface area contributed by atoms with Gasteiger partial charge in [0.05, 0.1) is 0 Å². The van der Waals surface area contributed by atoms with Crippen LogP contribution in [0.3, 0.4) is 0 Å². The number of halogens is 5. The molecule has 6 aromatic carbocycles. The molecule has 4 aliphatic carbocycles. The summed E-state index contributed by atoms with van der Waals surface area (Å²) in [7, 11) is 0. The molecule has 65 heavy (non-hydrogen) atoms. The van der Waals surface area contributed by atoms with E-state index in [1.807, 2.05) is 0 Å². The molecule has 4 saturated carbocycles. The van der Waals surface area contributed by atoms with Crippen molar-refractivity contribution in [3.8, 4) is 22.3 Å². The van der Waals surface area contributed by atoms with Crippen molar-refractivity contribution in [2.75, 3.05) is 0 Å². The van der Waals surface area contributed by atoms with Crippen LogP contribution in [0.1, 0.15) is 134 Å². The monoisotopic (exact) mass is 1010 g/mol. The minimum absolute atomic E-state index is 0. The van der Waals surface area contributed by atoms with Crippen molar-refractivity contribution in [3.63, 3.8) is 0 Å². The molecule has 7 heteroatoms. The Labute approximate surface area is 419 Å². The maximum atomic E-state index is 10.7. The van der Waals surface area contributed by atoms with Crippen LogP contribution in [0.15, 0.2) is 109 Å². The van der Waals surface area contributed by atoms with Crippen LogP contribution in [0, 0.1) is 37.0 Å². The van der Waals surface area contributed by atoms with Gasteiger partial charge in [0.1, 0.15) is 0 Å². The Kier molecular flexibility index (Phi) is 19.0. The van der Waals surface area contributed by atoms with Crippen LogP contribution in [0.5, 0.6) is 0 Å². The van der Waals surface area contributed by atoms with E-state index in [1.54, 1.807) is 11.1 Å². The van der Waals surface area contributed by atoms with Gasteiger partial charge in [-0.05, 0) is 133 Å². The van der Waals surface area contributed by atoms with E-state index in [2.05, 4.69) is 165 Å². The van der Waals surface area contributed by atoms with Crippen molar-refractivity contribution in [1.82, 2.24) is 0 Å². The van der Waals surface area contributed by atoms with Crippen molar-refractivity contribution in [3.05, 3.63) is 146 Å². The Morgan fingerprint density at radius 3 is 1.17 bits per heavy atom. The molecule has 350 valence electrons. The van der Waals surface area contributed by atoms with Crippen LogP contribution < -0.4 is 0 Å². The maximum absolute atomic E-state index is 10.7. The molecular formula is C58H71Cl2F3SiZr-4. The first kappa shape index (κ1) is 55.2. The predicted octanol–water partition coefficient (Wildman–Crippen LogP) is 18.0. The van der Waals surface area contributed by atoms with E-state index in [-0.39, 0.29) is 43.1 Å². The number of rotatable bonds is 6.